The van der Waals surface area contributed by atoms with Crippen molar-refractivity contribution in [2.24, 2.45) is 0 Å². The Hall–Kier alpha value is -1.97. The van der Waals surface area contributed by atoms with Crippen LogP contribution in [0.25, 0.3) is 0 Å². The van der Waals surface area contributed by atoms with E-state index in [-0.39, 0.29) is 6.54 Å². The van der Waals surface area contributed by atoms with Gasteiger partial charge in [-0.2, -0.15) is 0 Å². The lowest BCUT2D eigenvalue weighted by molar-refractivity contribution is 0.574. The van der Waals surface area contributed by atoms with E-state index in [1.54, 1.807) is 6.20 Å². The van der Waals surface area contributed by atoms with Crippen LogP contribution in [0.3, 0.4) is 0 Å². The Bertz CT molecular complexity index is 527. The summed E-state index contributed by atoms with van der Waals surface area (Å²) >= 11 is 0. The van der Waals surface area contributed by atoms with Gasteiger partial charge in [-0.15, -0.1) is 0 Å². The number of aryl methyl sites for hydroxylation is 1. The number of nitrogens with zero attached hydrogens (tertiary/aromatic N) is 1. The van der Waals surface area contributed by atoms with E-state index in [4.69, 9.17) is 0 Å². The van der Waals surface area contributed by atoms with Crippen LogP contribution in [0.15, 0.2) is 36.5 Å². The van der Waals surface area contributed by atoms with Crippen molar-refractivity contribution in [3.8, 4) is 0 Å². The van der Waals surface area contributed by atoms with Crippen molar-refractivity contribution in [2.45, 2.75) is 13.5 Å². The minimum atomic E-state index is -0.570. The summed E-state index contributed by atoms with van der Waals surface area (Å²) in [6, 6.07) is 7.28. The van der Waals surface area contributed by atoms with E-state index in [1.807, 2.05) is 19.1 Å². The largest absolute Gasteiger partial charge is 0.366 e. The number of aromatic nitrogens is 1. The highest BCUT2D eigenvalue weighted by Crippen LogP contribution is 2.12. The van der Waals surface area contributed by atoms with Crippen molar-refractivity contribution >= 4 is 5.82 Å². The maximum atomic E-state index is 13.3. The van der Waals surface area contributed by atoms with Gasteiger partial charge in [-0.05, 0) is 30.7 Å². The second-order valence-electron chi connectivity index (χ2n) is 3.81. The van der Waals surface area contributed by atoms with Crippen molar-refractivity contribution in [3.63, 3.8) is 0 Å². The molecule has 0 bridgehead atoms. The molecule has 0 saturated carbocycles. The van der Waals surface area contributed by atoms with Gasteiger partial charge in [0.25, 0.3) is 0 Å². The Kier molecular flexibility index (Phi) is 3.32. The predicted molar refractivity (Wildman–Crippen MR) is 62.7 cm³/mol. The van der Waals surface area contributed by atoms with Gasteiger partial charge in [-0.25, -0.2) is 13.8 Å². The van der Waals surface area contributed by atoms with Gasteiger partial charge < -0.3 is 5.32 Å². The van der Waals surface area contributed by atoms with E-state index in [9.17, 15) is 8.78 Å². The molecule has 2 nitrogen and oxygen atoms in total. The Balaban J connectivity index is 2.07. The molecule has 0 fully saturated rings. The number of hydrogen-bond acceptors (Lipinski definition) is 2. The van der Waals surface area contributed by atoms with E-state index in [2.05, 4.69) is 10.3 Å². The van der Waals surface area contributed by atoms with Crippen LogP contribution in [0.4, 0.5) is 14.6 Å². The number of anilines is 1. The summed E-state index contributed by atoms with van der Waals surface area (Å²) in [5.74, 6) is -0.446. The highest BCUT2D eigenvalue weighted by atomic mass is 19.1. The molecule has 88 valence electrons. The molecule has 17 heavy (non-hydrogen) atoms. The van der Waals surface area contributed by atoms with Crippen molar-refractivity contribution in [1.82, 2.24) is 4.98 Å². The normalized spacial score (nSPS) is 10.3. The molecule has 0 aliphatic carbocycles. The summed E-state index contributed by atoms with van der Waals surface area (Å²) in [5.41, 5.74) is 1.48. The number of rotatable bonds is 3. The Morgan fingerprint density at radius 2 is 2.00 bits per heavy atom. The minimum Gasteiger partial charge on any atom is -0.366 e. The molecule has 1 N–H and O–H groups in total. The molecule has 0 radical (unpaired) electrons. The summed E-state index contributed by atoms with van der Waals surface area (Å²) < 4.78 is 26.0. The van der Waals surface area contributed by atoms with E-state index >= 15 is 0 Å². The van der Waals surface area contributed by atoms with Crippen molar-refractivity contribution < 1.29 is 8.78 Å². The number of nitrogens with one attached hydrogen (secondary N) is 1. The lowest BCUT2D eigenvalue weighted by Crippen LogP contribution is -2.03. The molecule has 0 spiro atoms. The van der Waals surface area contributed by atoms with Crippen LogP contribution in [0.1, 0.15) is 11.1 Å². The summed E-state index contributed by atoms with van der Waals surface area (Å²) in [6.07, 6.45) is 1.68. The third-order valence-electron chi connectivity index (χ3n) is 2.39. The van der Waals surface area contributed by atoms with Gasteiger partial charge in [0.05, 0.1) is 0 Å². The smallest absolute Gasteiger partial charge is 0.131 e. The number of halogens is 2. The van der Waals surface area contributed by atoms with Gasteiger partial charge >= 0.3 is 0 Å². The van der Waals surface area contributed by atoms with Gasteiger partial charge in [-0.3, -0.25) is 0 Å². The molecule has 1 aromatic carbocycles. The molecule has 0 aliphatic rings. The molecular weight excluding hydrogens is 222 g/mol. The molecule has 2 aromatic rings. The number of benzene rings is 1. The summed E-state index contributed by atoms with van der Waals surface area (Å²) in [5, 5.41) is 2.99. The molecule has 1 aromatic heterocycles. The zero-order valence-corrected chi connectivity index (χ0v) is 9.37. The summed E-state index contributed by atoms with van der Waals surface area (Å²) in [6.45, 7) is 2.23. The summed E-state index contributed by atoms with van der Waals surface area (Å²) in [7, 11) is 0. The maximum absolute atomic E-state index is 13.3. The van der Waals surface area contributed by atoms with Gasteiger partial charge in [0.2, 0.25) is 0 Å². The van der Waals surface area contributed by atoms with E-state index in [0.29, 0.717) is 11.4 Å². The van der Waals surface area contributed by atoms with Gasteiger partial charge in [0.15, 0.2) is 0 Å². The van der Waals surface area contributed by atoms with E-state index in [1.165, 1.54) is 12.1 Å². The zero-order valence-electron chi connectivity index (χ0n) is 9.37. The van der Waals surface area contributed by atoms with Gasteiger partial charge in [0, 0.05) is 24.4 Å². The monoisotopic (exact) mass is 234 g/mol. The SMILES string of the molecule is Cc1ccnc(NCc2ccc(F)cc2F)c1. The Morgan fingerprint density at radius 1 is 1.18 bits per heavy atom. The molecular formula is C13H12F2N2. The molecule has 4 heteroatoms. The first-order valence-corrected chi connectivity index (χ1v) is 5.25. The highest BCUT2D eigenvalue weighted by molar-refractivity contribution is 5.38. The van der Waals surface area contributed by atoms with Crippen LogP contribution in [0.2, 0.25) is 0 Å². The van der Waals surface area contributed by atoms with Crippen LogP contribution < -0.4 is 5.32 Å². The van der Waals surface area contributed by atoms with Crippen LogP contribution in [-0.4, -0.2) is 4.98 Å². The number of hydrogen-bond donors (Lipinski definition) is 1. The van der Waals surface area contributed by atoms with E-state index < -0.39 is 11.6 Å². The molecule has 0 atom stereocenters. The predicted octanol–water partition coefficient (Wildman–Crippen LogP) is 3.28. The van der Waals surface area contributed by atoms with Gasteiger partial charge in [-0.1, -0.05) is 6.07 Å². The lowest BCUT2D eigenvalue weighted by atomic mass is 10.2. The lowest BCUT2D eigenvalue weighted by Gasteiger charge is -2.07. The molecule has 2 rings (SSSR count). The molecule has 0 aliphatic heterocycles. The second kappa shape index (κ2) is 4.91. The Morgan fingerprint density at radius 3 is 2.71 bits per heavy atom. The molecule has 1 heterocycles. The third kappa shape index (κ3) is 3.00. The topological polar surface area (TPSA) is 24.9 Å². The van der Waals surface area contributed by atoms with Crippen LogP contribution in [-0.2, 0) is 6.54 Å². The second-order valence-corrected chi connectivity index (χ2v) is 3.81. The van der Waals surface area contributed by atoms with Crippen LogP contribution in [0.5, 0.6) is 0 Å². The first-order chi connectivity index (χ1) is 8.15. The fourth-order valence-corrected chi connectivity index (χ4v) is 1.48. The average Bonchev–Trinajstić information content (AvgIpc) is 2.28. The maximum Gasteiger partial charge on any atom is 0.131 e. The first-order valence-electron chi connectivity index (χ1n) is 5.25. The third-order valence-corrected chi connectivity index (χ3v) is 2.39. The number of pyridine rings is 1. The van der Waals surface area contributed by atoms with Crippen LogP contribution in [0, 0.1) is 18.6 Å². The Labute approximate surface area is 98.3 Å². The van der Waals surface area contributed by atoms with Crippen LogP contribution >= 0.6 is 0 Å². The summed E-state index contributed by atoms with van der Waals surface area (Å²) in [4.78, 5) is 4.09. The van der Waals surface area contributed by atoms with Crippen molar-refractivity contribution in [2.75, 3.05) is 5.32 Å². The molecule has 0 amide bonds. The van der Waals surface area contributed by atoms with Gasteiger partial charge in [0.1, 0.15) is 17.5 Å². The average molecular weight is 234 g/mol. The highest BCUT2D eigenvalue weighted by Gasteiger charge is 2.03. The quantitative estimate of drug-likeness (QED) is 0.881. The van der Waals surface area contributed by atoms with Crippen molar-refractivity contribution in [1.29, 1.82) is 0 Å². The fraction of sp³-hybridized carbons (Fsp3) is 0.154. The first kappa shape index (κ1) is 11.5. The molecule has 0 unspecified atom stereocenters. The minimum absolute atomic E-state index is 0.280. The van der Waals surface area contributed by atoms with Crippen molar-refractivity contribution in [3.05, 3.63) is 59.3 Å². The standard InChI is InChI=1S/C13H12F2N2/c1-9-4-5-16-13(6-9)17-8-10-2-3-11(14)7-12(10)15/h2-7H,8H2,1H3,(H,16,17). The fourth-order valence-electron chi connectivity index (χ4n) is 1.48. The molecule has 0 saturated heterocycles. The zero-order chi connectivity index (χ0) is 12.3. The van der Waals surface area contributed by atoms with E-state index in [0.717, 1.165) is 11.6 Å².